The van der Waals surface area contributed by atoms with Gasteiger partial charge in [-0.05, 0) is 31.2 Å². The molecule has 0 aliphatic rings. The molecule has 0 saturated carbocycles. The Hall–Kier alpha value is -2.23. The topological polar surface area (TPSA) is 54.4 Å². The minimum Gasteiger partial charge on any atom is -0.506 e. The molecule has 0 aliphatic heterocycles. The van der Waals surface area contributed by atoms with Gasteiger partial charge in [0.1, 0.15) is 17.2 Å². The minimum absolute atomic E-state index is 0.205. The smallest absolute Gasteiger partial charge is 0.138 e. The van der Waals surface area contributed by atoms with Gasteiger partial charge < -0.3 is 15.2 Å². The van der Waals surface area contributed by atoms with Crippen molar-refractivity contribution in [3.8, 4) is 11.5 Å². The van der Waals surface area contributed by atoms with E-state index in [0.29, 0.717) is 12.2 Å². The summed E-state index contributed by atoms with van der Waals surface area (Å²) in [7, 11) is 1.63. The molecule has 2 aromatic rings. The molecule has 0 bridgehead atoms. The van der Waals surface area contributed by atoms with Crippen LogP contribution < -0.4 is 10.1 Å². The second-order valence-electron chi connectivity index (χ2n) is 4.00. The van der Waals surface area contributed by atoms with Gasteiger partial charge in [0.25, 0.3) is 0 Å². The standard InChI is InChI=1S/C14H16N2O2/c1-10-6-7-14(17)13(16-10)9-15-11-4-3-5-12(8-11)18-2/h3-8,15,17H,9H2,1-2H3. The minimum atomic E-state index is 0.205. The Morgan fingerprint density at radius 3 is 2.89 bits per heavy atom. The van der Waals surface area contributed by atoms with Crippen molar-refractivity contribution in [3.05, 3.63) is 47.8 Å². The first-order chi connectivity index (χ1) is 8.69. The number of ether oxygens (including phenoxy) is 1. The van der Waals surface area contributed by atoms with Crippen molar-refractivity contribution in [2.24, 2.45) is 0 Å². The molecule has 0 unspecified atom stereocenters. The zero-order valence-electron chi connectivity index (χ0n) is 10.5. The third kappa shape index (κ3) is 2.91. The molecule has 1 aromatic heterocycles. The number of rotatable bonds is 4. The number of aromatic hydroxyl groups is 1. The average Bonchev–Trinajstić information content (AvgIpc) is 2.40. The lowest BCUT2D eigenvalue weighted by molar-refractivity contribution is 0.415. The number of nitrogens with zero attached hydrogens (tertiary/aromatic N) is 1. The van der Waals surface area contributed by atoms with Crippen LogP contribution in [0.25, 0.3) is 0 Å². The van der Waals surface area contributed by atoms with Crippen LogP contribution in [0.1, 0.15) is 11.4 Å². The number of aryl methyl sites for hydroxylation is 1. The van der Waals surface area contributed by atoms with E-state index < -0.39 is 0 Å². The van der Waals surface area contributed by atoms with E-state index in [9.17, 15) is 5.11 Å². The predicted molar refractivity (Wildman–Crippen MR) is 71.0 cm³/mol. The zero-order valence-corrected chi connectivity index (χ0v) is 10.5. The Morgan fingerprint density at radius 2 is 2.11 bits per heavy atom. The molecule has 2 N–H and O–H groups in total. The number of aromatic nitrogens is 1. The summed E-state index contributed by atoms with van der Waals surface area (Å²) in [5.41, 5.74) is 2.45. The van der Waals surface area contributed by atoms with E-state index in [1.165, 1.54) is 0 Å². The van der Waals surface area contributed by atoms with E-state index in [-0.39, 0.29) is 5.75 Å². The summed E-state index contributed by atoms with van der Waals surface area (Å²) in [4.78, 5) is 4.29. The molecule has 0 amide bonds. The van der Waals surface area contributed by atoms with Gasteiger partial charge >= 0.3 is 0 Å². The van der Waals surface area contributed by atoms with Crippen LogP contribution >= 0.6 is 0 Å². The largest absolute Gasteiger partial charge is 0.506 e. The summed E-state index contributed by atoms with van der Waals surface area (Å²) in [5, 5.41) is 12.9. The van der Waals surface area contributed by atoms with Crippen LogP contribution in [0, 0.1) is 6.92 Å². The molecule has 0 atom stereocenters. The average molecular weight is 244 g/mol. The molecule has 2 rings (SSSR count). The van der Waals surface area contributed by atoms with Crippen LogP contribution in [0.4, 0.5) is 5.69 Å². The Kier molecular flexibility index (Phi) is 3.67. The lowest BCUT2D eigenvalue weighted by atomic mass is 10.2. The normalized spacial score (nSPS) is 10.1. The summed E-state index contributed by atoms with van der Waals surface area (Å²) >= 11 is 0. The van der Waals surface area contributed by atoms with Crippen molar-refractivity contribution in [1.82, 2.24) is 4.98 Å². The molecule has 0 spiro atoms. The van der Waals surface area contributed by atoms with Crippen molar-refractivity contribution in [1.29, 1.82) is 0 Å². The number of hydrogen-bond acceptors (Lipinski definition) is 4. The predicted octanol–water partition coefficient (Wildman–Crippen LogP) is 2.72. The zero-order chi connectivity index (χ0) is 13.0. The summed E-state index contributed by atoms with van der Waals surface area (Å²) in [6.45, 7) is 2.37. The highest BCUT2D eigenvalue weighted by Gasteiger charge is 2.03. The fraction of sp³-hybridized carbons (Fsp3) is 0.214. The summed E-state index contributed by atoms with van der Waals surface area (Å²) < 4.78 is 5.14. The van der Waals surface area contributed by atoms with E-state index in [1.807, 2.05) is 31.2 Å². The van der Waals surface area contributed by atoms with Crippen molar-refractivity contribution < 1.29 is 9.84 Å². The molecule has 94 valence electrons. The number of nitrogens with one attached hydrogen (secondary N) is 1. The highest BCUT2D eigenvalue weighted by atomic mass is 16.5. The van der Waals surface area contributed by atoms with Gasteiger partial charge in [0, 0.05) is 17.4 Å². The van der Waals surface area contributed by atoms with Gasteiger partial charge in [-0.15, -0.1) is 0 Å². The van der Waals surface area contributed by atoms with E-state index in [0.717, 1.165) is 17.1 Å². The monoisotopic (exact) mass is 244 g/mol. The maximum absolute atomic E-state index is 9.69. The molecule has 4 nitrogen and oxygen atoms in total. The number of hydrogen-bond donors (Lipinski definition) is 2. The number of methoxy groups -OCH3 is 1. The molecular formula is C14H16N2O2. The maximum Gasteiger partial charge on any atom is 0.138 e. The molecule has 0 radical (unpaired) electrons. The van der Waals surface area contributed by atoms with Crippen molar-refractivity contribution >= 4 is 5.69 Å². The van der Waals surface area contributed by atoms with Gasteiger partial charge in [-0.25, -0.2) is 0 Å². The van der Waals surface area contributed by atoms with Crippen LogP contribution in [-0.4, -0.2) is 17.2 Å². The fourth-order valence-electron chi connectivity index (χ4n) is 1.65. The van der Waals surface area contributed by atoms with Gasteiger partial charge in [0.2, 0.25) is 0 Å². The summed E-state index contributed by atoms with van der Waals surface area (Å²) in [6, 6.07) is 11.1. The number of anilines is 1. The second kappa shape index (κ2) is 5.40. The molecule has 0 saturated heterocycles. The molecule has 0 aliphatic carbocycles. The molecular weight excluding hydrogens is 228 g/mol. The van der Waals surface area contributed by atoms with Gasteiger partial charge in [-0.3, -0.25) is 4.98 Å². The quantitative estimate of drug-likeness (QED) is 0.868. The highest BCUT2D eigenvalue weighted by Crippen LogP contribution is 2.19. The van der Waals surface area contributed by atoms with Crippen molar-refractivity contribution in [2.45, 2.75) is 13.5 Å². The van der Waals surface area contributed by atoms with Crippen LogP contribution in [0.2, 0.25) is 0 Å². The van der Waals surface area contributed by atoms with E-state index in [2.05, 4.69) is 10.3 Å². The van der Waals surface area contributed by atoms with Crippen LogP contribution in [0.15, 0.2) is 36.4 Å². The van der Waals surface area contributed by atoms with Gasteiger partial charge in [-0.2, -0.15) is 0 Å². The second-order valence-corrected chi connectivity index (χ2v) is 4.00. The molecule has 1 heterocycles. The maximum atomic E-state index is 9.69. The first-order valence-electron chi connectivity index (χ1n) is 5.72. The summed E-state index contributed by atoms with van der Waals surface area (Å²) in [5.74, 6) is 0.998. The summed E-state index contributed by atoms with van der Waals surface area (Å²) in [6.07, 6.45) is 0. The fourth-order valence-corrected chi connectivity index (χ4v) is 1.65. The number of benzene rings is 1. The van der Waals surface area contributed by atoms with E-state index in [4.69, 9.17) is 4.74 Å². The van der Waals surface area contributed by atoms with Crippen molar-refractivity contribution in [2.75, 3.05) is 12.4 Å². The van der Waals surface area contributed by atoms with Crippen LogP contribution in [0.5, 0.6) is 11.5 Å². The lowest BCUT2D eigenvalue weighted by Crippen LogP contribution is -2.03. The molecule has 4 heteroatoms. The molecule has 0 fully saturated rings. The first kappa shape index (κ1) is 12.2. The Balaban J connectivity index is 2.08. The Bertz CT molecular complexity index is 541. The van der Waals surface area contributed by atoms with E-state index >= 15 is 0 Å². The lowest BCUT2D eigenvalue weighted by Gasteiger charge is -2.09. The molecule has 18 heavy (non-hydrogen) atoms. The Morgan fingerprint density at radius 1 is 1.28 bits per heavy atom. The van der Waals surface area contributed by atoms with Crippen LogP contribution in [0.3, 0.4) is 0 Å². The third-order valence-corrected chi connectivity index (χ3v) is 2.62. The first-order valence-corrected chi connectivity index (χ1v) is 5.72. The highest BCUT2D eigenvalue weighted by molar-refractivity contribution is 5.48. The number of pyridine rings is 1. The van der Waals surface area contributed by atoms with Gasteiger partial charge in [0.05, 0.1) is 13.7 Å². The van der Waals surface area contributed by atoms with Crippen LogP contribution in [-0.2, 0) is 6.54 Å². The van der Waals surface area contributed by atoms with E-state index in [1.54, 1.807) is 19.2 Å². The van der Waals surface area contributed by atoms with Gasteiger partial charge in [0.15, 0.2) is 0 Å². The van der Waals surface area contributed by atoms with Crippen molar-refractivity contribution in [3.63, 3.8) is 0 Å². The Labute approximate surface area is 106 Å². The SMILES string of the molecule is COc1cccc(NCc2nc(C)ccc2O)c1. The van der Waals surface area contributed by atoms with Gasteiger partial charge in [-0.1, -0.05) is 6.07 Å². The third-order valence-electron chi connectivity index (χ3n) is 2.62. The molecule has 1 aromatic carbocycles.